The lowest BCUT2D eigenvalue weighted by Gasteiger charge is -2.05. The molecule has 1 nitrogen and oxygen atoms in total. The summed E-state index contributed by atoms with van der Waals surface area (Å²) in [6, 6.07) is 4.56. The van der Waals surface area contributed by atoms with Crippen molar-refractivity contribution in [1.82, 2.24) is 5.32 Å². The molecule has 1 aromatic carbocycles. The SMILES string of the molecule is CCNCCC=C(C)Cc1ccc(F)cc1Cl. The minimum absolute atomic E-state index is 0.285. The lowest BCUT2D eigenvalue weighted by atomic mass is 10.1. The van der Waals surface area contributed by atoms with E-state index in [0.29, 0.717) is 5.02 Å². The number of hydrogen-bond donors (Lipinski definition) is 1. The first kappa shape index (κ1) is 14.2. The molecule has 0 radical (unpaired) electrons. The summed E-state index contributed by atoms with van der Waals surface area (Å²) in [5.74, 6) is -0.285. The summed E-state index contributed by atoms with van der Waals surface area (Å²) in [5.41, 5.74) is 2.24. The Morgan fingerprint density at radius 3 is 2.88 bits per heavy atom. The van der Waals surface area contributed by atoms with Gasteiger partial charge in [-0.2, -0.15) is 0 Å². The number of rotatable bonds is 6. The average Bonchev–Trinajstić information content (AvgIpc) is 2.28. The molecule has 94 valence electrons. The predicted octanol–water partition coefficient (Wildman–Crippen LogP) is 3.97. The van der Waals surface area contributed by atoms with Gasteiger partial charge in [0.15, 0.2) is 0 Å². The van der Waals surface area contributed by atoms with E-state index >= 15 is 0 Å². The summed E-state index contributed by atoms with van der Waals surface area (Å²) in [6.07, 6.45) is 3.99. The van der Waals surface area contributed by atoms with Crippen LogP contribution in [0.1, 0.15) is 25.8 Å². The van der Waals surface area contributed by atoms with Crippen LogP contribution in [0.25, 0.3) is 0 Å². The summed E-state index contributed by atoms with van der Waals surface area (Å²) in [4.78, 5) is 0. The van der Waals surface area contributed by atoms with E-state index in [4.69, 9.17) is 11.6 Å². The van der Waals surface area contributed by atoms with E-state index in [-0.39, 0.29) is 5.82 Å². The van der Waals surface area contributed by atoms with Crippen molar-refractivity contribution in [3.8, 4) is 0 Å². The molecule has 0 aromatic heterocycles. The van der Waals surface area contributed by atoms with Gasteiger partial charge in [-0.3, -0.25) is 0 Å². The van der Waals surface area contributed by atoms with E-state index in [2.05, 4.69) is 25.2 Å². The Morgan fingerprint density at radius 1 is 1.47 bits per heavy atom. The second-order valence-corrected chi connectivity index (χ2v) is 4.51. The molecule has 0 aliphatic rings. The first-order chi connectivity index (χ1) is 8.13. The van der Waals surface area contributed by atoms with Crippen molar-refractivity contribution in [2.45, 2.75) is 26.7 Å². The van der Waals surface area contributed by atoms with Crippen LogP contribution in [-0.2, 0) is 6.42 Å². The third-order valence-corrected chi connectivity index (χ3v) is 2.90. The highest BCUT2D eigenvalue weighted by molar-refractivity contribution is 6.31. The Hall–Kier alpha value is -0.860. The average molecular weight is 256 g/mol. The standard InChI is InChI=1S/C14H19ClFN/c1-3-17-8-4-5-11(2)9-12-6-7-13(16)10-14(12)15/h5-7,10,17H,3-4,8-9H2,1-2H3. The van der Waals surface area contributed by atoms with Gasteiger partial charge in [-0.1, -0.05) is 36.2 Å². The fourth-order valence-electron chi connectivity index (χ4n) is 1.64. The zero-order valence-electron chi connectivity index (χ0n) is 10.4. The Labute approximate surface area is 108 Å². The molecule has 0 amide bonds. The fraction of sp³-hybridized carbons (Fsp3) is 0.429. The summed E-state index contributed by atoms with van der Waals surface area (Å²) < 4.78 is 12.9. The molecule has 17 heavy (non-hydrogen) atoms. The van der Waals surface area contributed by atoms with Gasteiger partial charge in [0.2, 0.25) is 0 Å². The van der Waals surface area contributed by atoms with E-state index in [1.54, 1.807) is 6.07 Å². The van der Waals surface area contributed by atoms with E-state index in [1.807, 2.05) is 0 Å². The fourth-order valence-corrected chi connectivity index (χ4v) is 1.87. The molecule has 0 spiro atoms. The van der Waals surface area contributed by atoms with Crippen LogP contribution < -0.4 is 5.32 Å². The molecule has 0 atom stereocenters. The van der Waals surface area contributed by atoms with Gasteiger partial charge in [0.25, 0.3) is 0 Å². The quantitative estimate of drug-likeness (QED) is 0.599. The third kappa shape index (κ3) is 5.33. The second kappa shape index (κ2) is 7.46. The first-order valence-electron chi connectivity index (χ1n) is 5.93. The van der Waals surface area contributed by atoms with Crippen molar-refractivity contribution in [2.24, 2.45) is 0 Å². The van der Waals surface area contributed by atoms with Crippen molar-refractivity contribution >= 4 is 11.6 Å². The zero-order valence-corrected chi connectivity index (χ0v) is 11.1. The van der Waals surface area contributed by atoms with Gasteiger partial charge in [0, 0.05) is 5.02 Å². The Bertz CT molecular complexity index is 388. The van der Waals surface area contributed by atoms with Gasteiger partial charge in [0.05, 0.1) is 0 Å². The molecule has 0 bridgehead atoms. The van der Waals surface area contributed by atoms with E-state index in [9.17, 15) is 4.39 Å². The molecular formula is C14H19ClFN. The van der Waals surface area contributed by atoms with Gasteiger partial charge < -0.3 is 5.32 Å². The highest BCUT2D eigenvalue weighted by Gasteiger charge is 2.02. The van der Waals surface area contributed by atoms with Crippen LogP contribution in [0.2, 0.25) is 5.02 Å². The molecule has 1 rings (SSSR count). The van der Waals surface area contributed by atoms with Crippen molar-refractivity contribution < 1.29 is 4.39 Å². The summed E-state index contributed by atoms with van der Waals surface area (Å²) in [6.45, 7) is 6.15. The molecule has 0 unspecified atom stereocenters. The van der Waals surface area contributed by atoms with Crippen LogP contribution in [0.4, 0.5) is 4.39 Å². The molecule has 0 aliphatic heterocycles. The minimum Gasteiger partial charge on any atom is -0.317 e. The van der Waals surface area contributed by atoms with Crippen LogP contribution in [0.15, 0.2) is 29.8 Å². The van der Waals surface area contributed by atoms with Crippen molar-refractivity contribution in [1.29, 1.82) is 0 Å². The van der Waals surface area contributed by atoms with Crippen LogP contribution in [-0.4, -0.2) is 13.1 Å². The number of halogens is 2. The smallest absolute Gasteiger partial charge is 0.124 e. The number of nitrogens with one attached hydrogen (secondary N) is 1. The largest absolute Gasteiger partial charge is 0.317 e. The van der Waals surface area contributed by atoms with Crippen molar-refractivity contribution in [3.05, 3.63) is 46.3 Å². The van der Waals surface area contributed by atoms with Gasteiger partial charge in [-0.15, -0.1) is 0 Å². The van der Waals surface area contributed by atoms with Crippen molar-refractivity contribution in [2.75, 3.05) is 13.1 Å². The number of allylic oxidation sites excluding steroid dienone is 1. The molecule has 1 aromatic rings. The van der Waals surface area contributed by atoms with Gasteiger partial charge in [-0.05, 0) is 50.6 Å². The topological polar surface area (TPSA) is 12.0 Å². The normalized spacial score (nSPS) is 11.9. The van der Waals surface area contributed by atoms with Gasteiger partial charge in [-0.25, -0.2) is 4.39 Å². The zero-order chi connectivity index (χ0) is 12.7. The molecular weight excluding hydrogens is 237 g/mol. The lowest BCUT2D eigenvalue weighted by Crippen LogP contribution is -2.13. The van der Waals surface area contributed by atoms with E-state index in [0.717, 1.165) is 31.5 Å². The molecule has 0 aliphatic carbocycles. The summed E-state index contributed by atoms with van der Waals surface area (Å²) in [5, 5.41) is 3.77. The molecule has 0 saturated carbocycles. The first-order valence-corrected chi connectivity index (χ1v) is 6.31. The highest BCUT2D eigenvalue weighted by Crippen LogP contribution is 2.20. The van der Waals surface area contributed by atoms with Crippen molar-refractivity contribution in [3.63, 3.8) is 0 Å². The summed E-state index contributed by atoms with van der Waals surface area (Å²) >= 11 is 5.98. The maximum absolute atomic E-state index is 12.9. The van der Waals surface area contributed by atoms with Crippen LogP contribution in [0.3, 0.4) is 0 Å². The Kier molecular flexibility index (Phi) is 6.23. The Morgan fingerprint density at radius 2 is 2.24 bits per heavy atom. The monoisotopic (exact) mass is 255 g/mol. The highest BCUT2D eigenvalue weighted by atomic mass is 35.5. The third-order valence-electron chi connectivity index (χ3n) is 2.55. The molecule has 0 heterocycles. The van der Waals surface area contributed by atoms with E-state index < -0.39 is 0 Å². The number of benzene rings is 1. The Balaban J connectivity index is 2.52. The maximum atomic E-state index is 12.9. The second-order valence-electron chi connectivity index (χ2n) is 4.11. The number of hydrogen-bond acceptors (Lipinski definition) is 1. The lowest BCUT2D eigenvalue weighted by molar-refractivity contribution is 0.627. The predicted molar refractivity (Wildman–Crippen MR) is 72.0 cm³/mol. The van der Waals surface area contributed by atoms with Gasteiger partial charge >= 0.3 is 0 Å². The van der Waals surface area contributed by atoms with Crippen LogP contribution >= 0.6 is 11.6 Å². The minimum atomic E-state index is -0.285. The molecule has 0 saturated heterocycles. The van der Waals surface area contributed by atoms with Gasteiger partial charge in [0.1, 0.15) is 5.82 Å². The molecule has 0 fully saturated rings. The molecule has 3 heteroatoms. The molecule has 1 N–H and O–H groups in total. The maximum Gasteiger partial charge on any atom is 0.124 e. The van der Waals surface area contributed by atoms with Crippen LogP contribution in [0, 0.1) is 5.82 Å². The van der Waals surface area contributed by atoms with Crippen LogP contribution in [0.5, 0.6) is 0 Å². The summed E-state index contributed by atoms with van der Waals surface area (Å²) in [7, 11) is 0. The van der Waals surface area contributed by atoms with E-state index in [1.165, 1.54) is 17.7 Å².